The van der Waals surface area contributed by atoms with Crippen LogP contribution in [-0.2, 0) is 10.0 Å². The molecule has 1 heterocycles. The molecule has 1 aliphatic heterocycles. The lowest BCUT2D eigenvalue weighted by atomic mass is 10.1. The third-order valence-corrected chi connectivity index (χ3v) is 5.64. The molecule has 1 atom stereocenters. The van der Waals surface area contributed by atoms with Crippen LogP contribution in [0.2, 0.25) is 0 Å². The molecule has 6 nitrogen and oxygen atoms in total. The van der Waals surface area contributed by atoms with Gasteiger partial charge in [0.05, 0.1) is 10.5 Å². The molecule has 1 amide bonds. The fourth-order valence-electron chi connectivity index (χ4n) is 3.00. The molecule has 0 saturated carbocycles. The third-order valence-electron chi connectivity index (χ3n) is 4.31. The fraction of sp³-hybridized carbons (Fsp3) is 0.0500. The van der Waals surface area contributed by atoms with Crippen LogP contribution in [0.3, 0.4) is 0 Å². The Morgan fingerprint density at radius 2 is 1.41 bits per heavy atom. The normalized spacial score (nSPS) is 16.5. The number of hydrogen-bond donors (Lipinski definition) is 2. The first-order valence-corrected chi connectivity index (χ1v) is 9.86. The number of para-hydroxylation sites is 1. The van der Waals surface area contributed by atoms with Crippen LogP contribution in [0.1, 0.15) is 22.1 Å². The van der Waals surface area contributed by atoms with Crippen molar-refractivity contribution >= 4 is 21.6 Å². The van der Waals surface area contributed by atoms with E-state index in [9.17, 15) is 13.2 Å². The minimum absolute atomic E-state index is 0.0865. The highest BCUT2D eigenvalue weighted by molar-refractivity contribution is 7.89. The van der Waals surface area contributed by atoms with Crippen molar-refractivity contribution in [2.45, 2.75) is 11.1 Å². The zero-order valence-electron chi connectivity index (χ0n) is 14.2. The van der Waals surface area contributed by atoms with Gasteiger partial charge in [-0.1, -0.05) is 60.7 Å². The van der Waals surface area contributed by atoms with Crippen molar-refractivity contribution in [2.24, 2.45) is 0 Å². The van der Waals surface area contributed by atoms with E-state index in [1.807, 2.05) is 36.4 Å². The first-order valence-electron chi connectivity index (χ1n) is 8.38. The molecule has 7 heteroatoms. The van der Waals surface area contributed by atoms with E-state index in [1.54, 1.807) is 36.4 Å². The summed E-state index contributed by atoms with van der Waals surface area (Å²) in [5.41, 5.74) is 1.82. The van der Waals surface area contributed by atoms with Gasteiger partial charge in [-0.05, 0) is 29.8 Å². The summed E-state index contributed by atoms with van der Waals surface area (Å²) in [7, 11) is -3.92. The van der Waals surface area contributed by atoms with Crippen molar-refractivity contribution in [3.05, 3.63) is 96.1 Å². The molecule has 0 aromatic heterocycles. The van der Waals surface area contributed by atoms with E-state index in [4.69, 9.17) is 0 Å². The lowest BCUT2D eigenvalue weighted by Crippen LogP contribution is -2.52. The second-order valence-electron chi connectivity index (χ2n) is 6.09. The van der Waals surface area contributed by atoms with Crippen molar-refractivity contribution in [2.75, 3.05) is 5.32 Å². The Labute approximate surface area is 157 Å². The third kappa shape index (κ3) is 3.30. The zero-order chi connectivity index (χ0) is 18.9. The van der Waals surface area contributed by atoms with Gasteiger partial charge in [0.25, 0.3) is 15.9 Å². The number of hydrogen-bond acceptors (Lipinski definition) is 4. The maximum Gasteiger partial charge on any atom is 0.273 e. The molecule has 0 spiro atoms. The van der Waals surface area contributed by atoms with E-state index in [2.05, 4.69) is 10.1 Å². The van der Waals surface area contributed by atoms with Gasteiger partial charge in [0, 0.05) is 5.69 Å². The zero-order valence-corrected chi connectivity index (χ0v) is 15.1. The molecule has 0 saturated heterocycles. The van der Waals surface area contributed by atoms with Gasteiger partial charge in [-0.3, -0.25) is 4.79 Å². The number of rotatable bonds is 4. The summed E-state index contributed by atoms with van der Waals surface area (Å²) in [6, 6.07) is 24.2. The Morgan fingerprint density at radius 3 is 2.11 bits per heavy atom. The largest absolute Gasteiger partial charge is 0.360 e. The lowest BCUT2D eigenvalue weighted by molar-refractivity contribution is 0.0633. The molecule has 3 aromatic rings. The number of sulfonamides is 1. The van der Waals surface area contributed by atoms with E-state index in [1.165, 1.54) is 12.1 Å². The Hall–Kier alpha value is -3.16. The van der Waals surface area contributed by atoms with E-state index in [0.29, 0.717) is 11.3 Å². The summed E-state index contributed by atoms with van der Waals surface area (Å²) in [4.78, 5) is 15.6. The smallest absolute Gasteiger partial charge is 0.273 e. The predicted octanol–water partition coefficient (Wildman–Crippen LogP) is 3.15. The van der Waals surface area contributed by atoms with Crippen LogP contribution in [0.4, 0.5) is 5.69 Å². The van der Waals surface area contributed by atoms with Gasteiger partial charge in [-0.25, -0.2) is 13.4 Å². The van der Waals surface area contributed by atoms with Gasteiger partial charge in [-0.15, -0.1) is 4.83 Å². The van der Waals surface area contributed by atoms with Crippen LogP contribution in [0.25, 0.3) is 0 Å². The van der Waals surface area contributed by atoms with Crippen LogP contribution in [-0.4, -0.2) is 19.3 Å². The maximum atomic E-state index is 13.1. The van der Waals surface area contributed by atoms with Crippen molar-refractivity contribution < 1.29 is 13.2 Å². The van der Waals surface area contributed by atoms with Gasteiger partial charge in [0.2, 0.25) is 0 Å². The minimum atomic E-state index is -3.92. The Balaban J connectivity index is 1.77. The van der Waals surface area contributed by atoms with E-state index < -0.39 is 22.1 Å². The number of fused-ring (bicyclic) bond motifs is 1. The molecule has 1 aliphatic rings. The number of amides is 1. The summed E-state index contributed by atoms with van der Waals surface area (Å²) in [5, 5.41) is 4.37. The first-order chi connectivity index (χ1) is 13.1. The molecule has 4 rings (SSSR count). The van der Waals surface area contributed by atoms with Crippen molar-refractivity contribution in [1.29, 1.82) is 0 Å². The van der Waals surface area contributed by atoms with Gasteiger partial charge in [-0.2, -0.15) is 0 Å². The predicted molar refractivity (Wildman–Crippen MR) is 102 cm³/mol. The standard InChI is InChI=1S/C20H17N3O3S/c24-20-17-13-7-8-14-18(17)21-19(15-9-3-1-4-10-15)23(20)22-27(25,26)16-11-5-2-6-12-16/h1-14,19,21-22H/t19-/m1/s1. The van der Waals surface area contributed by atoms with Crippen LogP contribution in [0.5, 0.6) is 0 Å². The van der Waals surface area contributed by atoms with Crippen LogP contribution < -0.4 is 10.1 Å². The molecule has 0 aliphatic carbocycles. The summed E-state index contributed by atoms with van der Waals surface area (Å²) in [5.74, 6) is -0.419. The summed E-state index contributed by atoms with van der Waals surface area (Å²) in [6.45, 7) is 0. The lowest BCUT2D eigenvalue weighted by Gasteiger charge is -2.37. The molecule has 0 unspecified atom stereocenters. The molecular formula is C20H17N3O3S. The summed E-state index contributed by atoms with van der Waals surface area (Å²) in [6.07, 6.45) is -0.674. The highest BCUT2D eigenvalue weighted by Crippen LogP contribution is 2.32. The Morgan fingerprint density at radius 1 is 0.815 bits per heavy atom. The summed E-state index contributed by atoms with van der Waals surface area (Å²) >= 11 is 0. The Kier molecular flexibility index (Phi) is 4.39. The van der Waals surface area contributed by atoms with Crippen LogP contribution in [0, 0.1) is 0 Å². The highest BCUT2D eigenvalue weighted by Gasteiger charge is 2.35. The van der Waals surface area contributed by atoms with Gasteiger partial charge in [0.1, 0.15) is 6.17 Å². The quantitative estimate of drug-likeness (QED) is 0.730. The topological polar surface area (TPSA) is 78.5 Å². The number of anilines is 1. The molecule has 3 aromatic carbocycles. The molecule has 0 bridgehead atoms. The second-order valence-corrected chi connectivity index (χ2v) is 7.75. The van der Waals surface area contributed by atoms with E-state index in [-0.39, 0.29) is 4.90 Å². The van der Waals surface area contributed by atoms with Crippen LogP contribution >= 0.6 is 0 Å². The van der Waals surface area contributed by atoms with Crippen molar-refractivity contribution in [1.82, 2.24) is 9.84 Å². The van der Waals surface area contributed by atoms with Gasteiger partial charge in [0.15, 0.2) is 0 Å². The SMILES string of the molecule is O=C1c2ccccc2N[C@@H](c2ccccc2)N1NS(=O)(=O)c1ccccc1. The monoisotopic (exact) mass is 379 g/mol. The van der Waals surface area contributed by atoms with Crippen LogP contribution in [0.15, 0.2) is 89.8 Å². The summed E-state index contributed by atoms with van der Waals surface area (Å²) < 4.78 is 25.6. The number of hydrazine groups is 1. The van der Waals surface area contributed by atoms with E-state index in [0.717, 1.165) is 10.6 Å². The van der Waals surface area contributed by atoms with Gasteiger partial charge >= 0.3 is 0 Å². The number of benzene rings is 3. The minimum Gasteiger partial charge on any atom is -0.360 e. The molecule has 0 fully saturated rings. The number of carbonyl (C=O) groups is 1. The number of nitrogens with one attached hydrogen (secondary N) is 2. The highest BCUT2D eigenvalue weighted by atomic mass is 32.2. The molecule has 0 radical (unpaired) electrons. The second kappa shape index (κ2) is 6.86. The fourth-order valence-corrected chi connectivity index (χ4v) is 4.07. The van der Waals surface area contributed by atoms with E-state index >= 15 is 0 Å². The number of carbonyl (C=O) groups excluding carboxylic acids is 1. The molecule has 27 heavy (non-hydrogen) atoms. The molecular weight excluding hydrogens is 362 g/mol. The van der Waals surface area contributed by atoms with Gasteiger partial charge < -0.3 is 5.32 Å². The first kappa shape index (κ1) is 17.3. The average molecular weight is 379 g/mol. The Bertz CT molecular complexity index is 1070. The number of nitrogens with zero attached hydrogens (tertiary/aromatic N) is 1. The maximum absolute atomic E-state index is 13.1. The molecule has 2 N–H and O–H groups in total. The van der Waals surface area contributed by atoms with Crippen molar-refractivity contribution in [3.8, 4) is 0 Å². The average Bonchev–Trinajstić information content (AvgIpc) is 2.71. The van der Waals surface area contributed by atoms with Crippen molar-refractivity contribution in [3.63, 3.8) is 0 Å². The molecule has 136 valence electrons.